The molecule has 1 saturated heterocycles. The van der Waals surface area contributed by atoms with Gasteiger partial charge in [-0.1, -0.05) is 25.1 Å². The lowest BCUT2D eigenvalue weighted by atomic mass is 9.98. The maximum atomic E-state index is 12.7. The van der Waals surface area contributed by atoms with Gasteiger partial charge in [-0.05, 0) is 56.4 Å². The normalized spacial score (nSPS) is 20.7. The van der Waals surface area contributed by atoms with Crippen LogP contribution in [0, 0.1) is 5.92 Å². The number of nitrogens with zero attached hydrogens (tertiary/aromatic N) is 3. The van der Waals surface area contributed by atoms with E-state index in [1.54, 1.807) is 0 Å². The van der Waals surface area contributed by atoms with Crippen molar-refractivity contribution in [2.45, 2.75) is 39.3 Å². The van der Waals surface area contributed by atoms with E-state index in [4.69, 9.17) is 0 Å². The molecular weight excluding hydrogens is 310 g/mol. The fourth-order valence-electron chi connectivity index (χ4n) is 4.65. The van der Waals surface area contributed by atoms with Gasteiger partial charge in [0.25, 0.3) is 5.56 Å². The maximum Gasteiger partial charge on any atom is 0.251 e. The van der Waals surface area contributed by atoms with E-state index in [-0.39, 0.29) is 5.56 Å². The summed E-state index contributed by atoms with van der Waals surface area (Å²) in [5, 5.41) is 1.28. The molecule has 0 N–H and O–H groups in total. The van der Waals surface area contributed by atoms with E-state index in [0.717, 1.165) is 44.9 Å². The lowest BCUT2D eigenvalue weighted by Gasteiger charge is -2.26. The molecule has 3 heterocycles. The van der Waals surface area contributed by atoms with Crippen LogP contribution in [0.3, 0.4) is 0 Å². The first-order valence-electron chi connectivity index (χ1n) is 9.71. The maximum absolute atomic E-state index is 12.7. The standard InChI is InChI=1S/C21H29N3O/c1-3-23(14-16-9-11-22(2)13-16)15-18-12-20(25)24-10-5-7-17-6-4-8-19(18)21(17)24/h4,6,8,12,16H,3,5,7,9-11,13-15H2,1-2H3. The third-order valence-corrected chi connectivity index (χ3v) is 5.97. The zero-order valence-corrected chi connectivity index (χ0v) is 15.5. The van der Waals surface area contributed by atoms with E-state index in [0.29, 0.717) is 0 Å². The Morgan fingerprint density at radius 1 is 1.28 bits per heavy atom. The summed E-state index contributed by atoms with van der Waals surface area (Å²) < 4.78 is 1.99. The molecule has 0 spiro atoms. The van der Waals surface area contributed by atoms with E-state index in [1.165, 1.54) is 41.5 Å². The summed E-state index contributed by atoms with van der Waals surface area (Å²) >= 11 is 0. The average molecular weight is 339 g/mol. The topological polar surface area (TPSA) is 28.5 Å². The molecule has 134 valence electrons. The van der Waals surface area contributed by atoms with Gasteiger partial charge in [0.2, 0.25) is 0 Å². The molecule has 2 aliphatic heterocycles. The number of rotatable bonds is 5. The average Bonchev–Trinajstić information content (AvgIpc) is 3.03. The van der Waals surface area contributed by atoms with Gasteiger partial charge in [-0.25, -0.2) is 0 Å². The van der Waals surface area contributed by atoms with Crippen LogP contribution >= 0.6 is 0 Å². The molecule has 1 unspecified atom stereocenters. The number of aromatic nitrogens is 1. The highest BCUT2D eigenvalue weighted by atomic mass is 16.1. The van der Waals surface area contributed by atoms with E-state index < -0.39 is 0 Å². The monoisotopic (exact) mass is 339 g/mol. The first kappa shape index (κ1) is 16.8. The van der Waals surface area contributed by atoms with Gasteiger partial charge in [0.1, 0.15) is 0 Å². The summed E-state index contributed by atoms with van der Waals surface area (Å²) in [6.45, 7) is 8.55. The van der Waals surface area contributed by atoms with Crippen LogP contribution in [0.2, 0.25) is 0 Å². The zero-order chi connectivity index (χ0) is 17.4. The fourth-order valence-corrected chi connectivity index (χ4v) is 4.65. The first-order valence-corrected chi connectivity index (χ1v) is 9.71. The molecule has 1 fully saturated rings. The Kier molecular flexibility index (Phi) is 4.65. The second-order valence-corrected chi connectivity index (χ2v) is 7.82. The van der Waals surface area contributed by atoms with Crippen LogP contribution in [0.1, 0.15) is 30.9 Å². The molecule has 4 rings (SSSR count). The van der Waals surface area contributed by atoms with Crippen molar-refractivity contribution in [2.75, 3.05) is 33.2 Å². The second kappa shape index (κ2) is 6.93. The van der Waals surface area contributed by atoms with Crippen molar-refractivity contribution >= 4 is 10.9 Å². The van der Waals surface area contributed by atoms with Gasteiger partial charge in [0, 0.05) is 37.6 Å². The Hall–Kier alpha value is -1.65. The number of hydrogen-bond donors (Lipinski definition) is 0. The Balaban J connectivity index is 1.65. The van der Waals surface area contributed by atoms with Gasteiger partial charge in [0.05, 0.1) is 5.52 Å². The molecule has 2 aliphatic rings. The van der Waals surface area contributed by atoms with Crippen LogP contribution in [-0.4, -0.2) is 47.6 Å². The van der Waals surface area contributed by atoms with Crippen LogP contribution in [0.25, 0.3) is 10.9 Å². The number of likely N-dealkylation sites (tertiary alicyclic amines) is 1. The lowest BCUT2D eigenvalue weighted by molar-refractivity contribution is 0.233. The Bertz CT molecular complexity index is 826. The Morgan fingerprint density at radius 3 is 2.92 bits per heavy atom. The largest absolute Gasteiger partial charge is 0.308 e. The molecule has 0 radical (unpaired) electrons. The lowest BCUT2D eigenvalue weighted by Crippen LogP contribution is -2.32. The highest BCUT2D eigenvalue weighted by Crippen LogP contribution is 2.27. The van der Waals surface area contributed by atoms with Crippen molar-refractivity contribution < 1.29 is 0 Å². The van der Waals surface area contributed by atoms with E-state index >= 15 is 0 Å². The Labute approximate surface area is 150 Å². The van der Waals surface area contributed by atoms with Gasteiger partial charge in [0.15, 0.2) is 0 Å². The molecule has 1 aromatic carbocycles. The van der Waals surface area contributed by atoms with Crippen LogP contribution < -0.4 is 5.56 Å². The van der Waals surface area contributed by atoms with Crippen LogP contribution in [-0.2, 0) is 19.5 Å². The number of aryl methyl sites for hydroxylation is 2. The van der Waals surface area contributed by atoms with Crippen molar-refractivity contribution in [1.82, 2.24) is 14.4 Å². The van der Waals surface area contributed by atoms with Crippen molar-refractivity contribution in [1.29, 1.82) is 0 Å². The summed E-state index contributed by atoms with van der Waals surface area (Å²) in [5.41, 5.74) is 3.90. The van der Waals surface area contributed by atoms with Gasteiger partial charge in [-0.15, -0.1) is 0 Å². The van der Waals surface area contributed by atoms with Gasteiger partial charge >= 0.3 is 0 Å². The highest BCUT2D eigenvalue weighted by Gasteiger charge is 2.22. The van der Waals surface area contributed by atoms with E-state index in [9.17, 15) is 4.79 Å². The molecule has 1 atom stereocenters. The van der Waals surface area contributed by atoms with Crippen molar-refractivity contribution in [3.8, 4) is 0 Å². The third kappa shape index (κ3) is 3.25. The van der Waals surface area contributed by atoms with Gasteiger partial charge in [-0.2, -0.15) is 0 Å². The number of pyridine rings is 1. The van der Waals surface area contributed by atoms with Crippen LogP contribution in [0.5, 0.6) is 0 Å². The van der Waals surface area contributed by atoms with E-state index in [2.05, 4.69) is 42.0 Å². The fraction of sp³-hybridized carbons (Fsp3) is 0.571. The summed E-state index contributed by atoms with van der Waals surface area (Å²) in [6, 6.07) is 8.43. The molecule has 4 nitrogen and oxygen atoms in total. The minimum Gasteiger partial charge on any atom is -0.308 e. The van der Waals surface area contributed by atoms with Crippen molar-refractivity contribution in [2.24, 2.45) is 5.92 Å². The molecule has 0 bridgehead atoms. The Morgan fingerprint density at radius 2 is 2.16 bits per heavy atom. The third-order valence-electron chi connectivity index (χ3n) is 5.97. The molecule has 0 aliphatic carbocycles. The summed E-state index contributed by atoms with van der Waals surface area (Å²) in [4.78, 5) is 17.6. The van der Waals surface area contributed by atoms with Crippen molar-refractivity contribution in [3.05, 3.63) is 45.7 Å². The number of hydrogen-bond acceptors (Lipinski definition) is 3. The minimum absolute atomic E-state index is 0.173. The molecular formula is C21H29N3O. The number of benzene rings is 1. The molecule has 4 heteroatoms. The summed E-state index contributed by atoms with van der Waals surface area (Å²) in [5.74, 6) is 0.756. The summed E-state index contributed by atoms with van der Waals surface area (Å²) in [6.07, 6.45) is 3.45. The SMILES string of the molecule is CCN(Cc1cc(=O)n2c3c(cccc13)CCC2)CC1CCN(C)C1. The molecule has 2 aromatic rings. The second-order valence-electron chi connectivity index (χ2n) is 7.82. The number of para-hydroxylation sites is 1. The van der Waals surface area contributed by atoms with Crippen LogP contribution in [0.15, 0.2) is 29.1 Å². The highest BCUT2D eigenvalue weighted by molar-refractivity contribution is 5.86. The smallest absolute Gasteiger partial charge is 0.251 e. The quantitative estimate of drug-likeness (QED) is 0.839. The predicted molar refractivity (Wildman–Crippen MR) is 103 cm³/mol. The molecule has 0 saturated carbocycles. The molecule has 1 aromatic heterocycles. The summed E-state index contributed by atoms with van der Waals surface area (Å²) in [7, 11) is 2.21. The van der Waals surface area contributed by atoms with E-state index in [1.807, 2.05) is 10.6 Å². The van der Waals surface area contributed by atoms with Crippen LogP contribution in [0.4, 0.5) is 0 Å². The first-order chi connectivity index (χ1) is 12.2. The van der Waals surface area contributed by atoms with Crippen molar-refractivity contribution in [3.63, 3.8) is 0 Å². The molecule has 25 heavy (non-hydrogen) atoms. The minimum atomic E-state index is 0.173. The predicted octanol–water partition coefficient (Wildman–Crippen LogP) is 2.72. The molecule has 0 amide bonds. The zero-order valence-electron chi connectivity index (χ0n) is 15.5. The van der Waals surface area contributed by atoms with Gasteiger partial charge < -0.3 is 9.47 Å². The van der Waals surface area contributed by atoms with Gasteiger partial charge in [-0.3, -0.25) is 9.69 Å².